The van der Waals surface area contributed by atoms with Crippen LogP contribution >= 0.6 is 11.6 Å². The number of rotatable bonds is 13. The van der Waals surface area contributed by atoms with E-state index in [2.05, 4.69) is 74.2 Å². The first-order valence-corrected chi connectivity index (χ1v) is 23.7. The number of nitrogens with zero attached hydrogens (tertiary/aromatic N) is 5. The molecule has 0 bridgehead atoms. The van der Waals surface area contributed by atoms with Crippen LogP contribution in [0, 0.1) is 11.6 Å². The molecule has 3 aliphatic heterocycles. The molecule has 63 heavy (non-hydrogen) atoms. The van der Waals surface area contributed by atoms with Crippen LogP contribution in [0.5, 0.6) is 17.6 Å². The van der Waals surface area contributed by atoms with Crippen molar-refractivity contribution in [3.8, 4) is 28.9 Å². The first kappa shape index (κ1) is 43.3. The van der Waals surface area contributed by atoms with Crippen LogP contribution in [0.2, 0.25) is 10.1 Å². The highest BCUT2D eigenvalue weighted by Crippen LogP contribution is 2.45. The van der Waals surface area contributed by atoms with Crippen molar-refractivity contribution in [2.24, 2.45) is 0 Å². The zero-order valence-corrected chi connectivity index (χ0v) is 37.9. The van der Waals surface area contributed by atoms with Crippen molar-refractivity contribution in [3.63, 3.8) is 0 Å². The fraction of sp³-hybridized carbons (Fsp3) is 0.396. The van der Waals surface area contributed by atoms with Gasteiger partial charge in [-0.15, -0.1) is 0 Å². The number of pyridine rings is 1. The van der Waals surface area contributed by atoms with E-state index in [9.17, 15) is 4.39 Å². The molecule has 4 aromatic carbocycles. The molecule has 0 amide bonds. The fourth-order valence-electron chi connectivity index (χ4n) is 9.97. The maximum Gasteiger partial charge on any atom is 0.319 e. The summed E-state index contributed by atoms with van der Waals surface area (Å²) < 4.78 is 78.8. The minimum absolute atomic E-state index is 0.0646. The van der Waals surface area contributed by atoms with Gasteiger partial charge in [-0.2, -0.15) is 9.97 Å². The molecule has 0 saturated carbocycles. The SMILES string of the molecule is COCOc1cc(-c2nc3c4c(nc(OC[C@@]56CCCN5C[C@H](F)C6)nc4c2F)N(C)[C@@H](CCO[Si](c2ccccc2)(c2ccccc2)C(C)(C)C)CO3)c2c(Cl)c(F)ccc2c1. The Labute approximate surface area is 371 Å². The Bertz CT molecular complexity index is 2600. The molecule has 2 saturated heterocycles. The summed E-state index contributed by atoms with van der Waals surface area (Å²) in [5, 5.41) is 2.87. The summed E-state index contributed by atoms with van der Waals surface area (Å²) in [4.78, 5) is 18.5. The van der Waals surface area contributed by atoms with Crippen LogP contribution in [0.3, 0.4) is 0 Å². The van der Waals surface area contributed by atoms with Gasteiger partial charge in [-0.05, 0) is 64.8 Å². The number of hydrogen-bond donors (Lipinski definition) is 0. The molecular formula is C48H51ClF3N5O5Si. The number of benzene rings is 4. The van der Waals surface area contributed by atoms with Gasteiger partial charge in [0.25, 0.3) is 8.32 Å². The minimum Gasteiger partial charge on any atom is -0.475 e. The summed E-state index contributed by atoms with van der Waals surface area (Å²) in [6.45, 7) is 8.41. The Hall–Kier alpha value is -4.99. The van der Waals surface area contributed by atoms with E-state index in [1.54, 1.807) is 18.2 Å². The topological polar surface area (TPSA) is 91.3 Å². The van der Waals surface area contributed by atoms with Gasteiger partial charge in [0.2, 0.25) is 5.88 Å². The molecule has 6 aromatic rings. The molecule has 330 valence electrons. The predicted molar refractivity (Wildman–Crippen MR) is 242 cm³/mol. The number of anilines is 1. The summed E-state index contributed by atoms with van der Waals surface area (Å²) in [6, 6.07) is 26.5. The summed E-state index contributed by atoms with van der Waals surface area (Å²) in [5.41, 5.74) is -0.623. The number of halogens is 4. The zero-order chi connectivity index (χ0) is 44.1. The molecule has 10 nitrogen and oxygen atoms in total. The average Bonchev–Trinajstić information content (AvgIpc) is 3.77. The molecule has 0 N–H and O–H groups in total. The zero-order valence-electron chi connectivity index (χ0n) is 36.1. The summed E-state index contributed by atoms with van der Waals surface area (Å²) in [7, 11) is 0.492. The molecule has 0 unspecified atom stereocenters. The molecule has 9 rings (SSSR count). The van der Waals surface area contributed by atoms with Crippen LogP contribution in [0.4, 0.5) is 19.0 Å². The van der Waals surface area contributed by atoms with Gasteiger partial charge in [0.05, 0.1) is 16.6 Å². The Balaban J connectivity index is 1.13. The van der Waals surface area contributed by atoms with Gasteiger partial charge >= 0.3 is 6.01 Å². The van der Waals surface area contributed by atoms with E-state index < -0.39 is 31.7 Å². The van der Waals surface area contributed by atoms with E-state index in [4.69, 9.17) is 49.9 Å². The van der Waals surface area contributed by atoms with Gasteiger partial charge in [-0.25, -0.2) is 18.2 Å². The van der Waals surface area contributed by atoms with Gasteiger partial charge in [0, 0.05) is 44.7 Å². The maximum atomic E-state index is 17.6. The van der Waals surface area contributed by atoms with Crippen molar-refractivity contribution in [3.05, 3.63) is 102 Å². The number of fused-ring (bicyclic) bond motifs is 2. The van der Waals surface area contributed by atoms with Gasteiger partial charge in [0.15, 0.2) is 12.6 Å². The number of likely N-dealkylation sites (N-methyl/N-ethyl adjacent to an activating group) is 1. The lowest BCUT2D eigenvalue weighted by atomic mass is 9.95. The van der Waals surface area contributed by atoms with E-state index in [1.807, 2.05) is 24.1 Å². The van der Waals surface area contributed by atoms with Crippen LogP contribution in [-0.2, 0) is 9.16 Å². The highest BCUT2D eigenvalue weighted by Gasteiger charge is 2.51. The fourth-order valence-corrected chi connectivity index (χ4v) is 14.8. The average molecular weight is 898 g/mol. The van der Waals surface area contributed by atoms with Crippen LogP contribution in [0.1, 0.15) is 46.5 Å². The monoisotopic (exact) mass is 897 g/mol. The molecule has 0 radical (unpaired) electrons. The van der Waals surface area contributed by atoms with Crippen molar-refractivity contribution in [1.82, 2.24) is 19.9 Å². The van der Waals surface area contributed by atoms with Crippen LogP contribution in [0.25, 0.3) is 32.9 Å². The first-order valence-electron chi connectivity index (χ1n) is 21.4. The molecule has 2 aromatic heterocycles. The van der Waals surface area contributed by atoms with Gasteiger partial charge < -0.3 is 28.3 Å². The third kappa shape index (κ3) is 7.77. The smallest absolute Gasteiger partial charge is 0.319 e. The Morgan fingerprint density at radius 2 is 1.67 bits per heavy atom. The van der Waals surface area contributed by atoms with Crippen LogP contribution < -0.4 is 29.5 Å². The number of alkyl halides is 1. The van der Waals surface area contributed by atoms with Crippen molar-refractivity contribution in [1.29, 1.82) is 0 Å². The van der Waals surface area contributed by atoms with Crippen molar-refractivity contribution in [2.45, 2.75) is 69.2 Å². The second-order valence-corrected chi connectivity index (χ2v) is 22.5. The summed E-state index contributed by atoms with van der Waals surface area (Å²) >= 11 is 6.64. The number of methoxy groups -OCH3 is 1. The first-order chi connectivity index (χ1) is 30.3. The molecule has 5 heterocycles. The Morgan fingerprint density at radius 3 is 2.37 bits per heavy atom. The van der Waals surface area contributed by atoms with Crippen molar-refractivity contribution < 1.29 is 36.5 Å². The van der Waals surface area contributed by atoms with E-state index in [1.165, 1.54) is 23.5 Å². The minimum atomic E-state index is -2.88. The number of ether oxygens (including phenoxy) is 4. The van der Waals surface area contributed by atoms with Crippen molar-refractivity contribution >= 4 is 57.8 Å². The van der Waals surface area contributed by atoms with E-state index in [0.717, 1.165) is 19.4 Å². The number of aromatic nitrogens is 3. The normalized spacial score (nSPS) is 20.2. The van der Waals surface area contributed by atoms with Crippen LogP contribution in [-0.4, -0.2) is 99.8 Å². The third-order valence-electron chi connectivity index (χ3n) is 13.0. The highest BCUT2D eigenvalue weighted by atomic mass is 35.5. The Kier molecular flexibility index (Phi) is 11.8. The van der Waals surface area contributed by atoms with Crippen LogP contribution in [0.15, 0.2) is 84.9 Å². The lowest BCUT2D eigenvalue weighted by molar-refractivity contribution is 0.0512. The van der Waals surface area contributed by atoms with Gasteiger partial charge in [0.1, 0.15) is 53.4 Å². The lowest BCUT2D eigenvalue weighted by Gasteiger charge is -2.43. The van der Waals surface area contributed by atoms with Gasteiger partial charge in [-0.1, -0.05) is 99.1 Å². The molecule has 2 fully saturated rings. The molecular weight excluding hydrogens is 847 g/mol. The van der Waals surface area contributed by atoms with E-state index >= 15 is 8.78 Å². The Morgan fingerprint density at radius 1 is 0.937 bits per heavy atom. The summed E-state index contributed by atoms with van der Waals surface area (Å²) in [6.07, 6.45) is 1.59. The molecule has 3 aliphatic rings. The third-order valence-corrected chi connectivity index (χ3v) is 18.4. The second-order valence-electron chi connectivity index (χ2n) is 17.9. The standard InChI is InChI=1S/C48H51ClF3N5O5Si/c1-47(2,3)63(34-13-8-6-9-14-34,35-15-10-7-11-16-35)62-22-19-32-27-59-45-39-43(54-46(55-44(39)56(32)4)60-28-48-20-12-21-57(48)26-31(50)25-48)41(52)42(53-45)36-24-33(61-29-58-5)23-30-17-18-37(51)40(49)38(30)36/h6-11,13-18,23-24,31-32H,12,19-22,25-29H2,1-5H3/t31-,32+,48+/m1/s1. The van der Waals surface area contributed by atoms with Gasteiger partial charge in [-0.3, -0.25) is 4.90 Å². The molecule has 15 heteroatoms. The molecule has 0 spiro atoms. The van der Waals surface area contributed by atoms with E-state index in [0.29, 0.717) is 42.9 Å². The van der Waals surface area contributed by atoms with E-state index in [-0.39, 0.29) is 75.5 Å². The predicted octanol–water partition coefficient (Wildman–Crippen LogP) is 8.88. The quantitative estimate of drug-likeness (QED) is 0.0828. The van der Waals surface area contributed by atoms with Crippen molar-refractivity contribution in [2.75, 3.05) is 58.8 Å². The molecule has 0 aliphatic carbocycles. The largest absolute Gasteiger partial charge is 0.475 e. The maximum absolute atomic E-state index is 17.6. The second kappa shape index (κ2) is 17.2. The molecule has 3 atom stereocenters. The lowest BCUT2D eigenvalue weighted by Crippen LogP contribution is -2.66. The summed E-state index contributed by atoms with van der Waals surface area (Å²) in [5.74, 6) is -0.724. The number of hydrogen-bond acceptors (Lipinski definition) is 10. The highest BCUT2D eigenvalue weighted by molar-refractivity contribution is 6.99.